The number of anilines is 1. The molecule has 2 aromatic rings. The van der Waals surface area contributed by atoms with Gasteiger partial charge in [-0.25, -0.2) is 0 Å². The molecule has 0 unspecified atom stereocenters. The van der Waals surface area contributed by atoms with Gasteiger partial charge in [-0.2, -0.15) is 0 Å². The Bertz CT molecular complexity index is 902. The zero-order valence-corrected chi connectivity index (χ0v) is 19.5. The maximum atomic E-state index is 13.3. The lowest BCUT2D eigenvalue weighted by Gasteiger charge is -2.39. The molecule has 1 heterocycles. The van der Waals surface area contributed by atoms with Crippen LogP contribution < -0.4 is 15.0 Å². The zero-order chi connectivity index (χ0) is 23.0. The second-order valence-corrected chi connectivity index (χ2v) is 9.12. The van der Waals surface area contributed by atoms with Crippen molar-refractivity contribution in [3.8, 4) is 5.75 Å². The fourth-order valence-corrected chi connectivity index (χ4v) is 5.05. The van der Waals surface area contributed by atoms with Gasteiger partial charge in [0.25, 0.3) is 5.91 Å². The smallest absolute Gasteiger partial charge is 0.258 e. The molecule has 1 saturated heterocycles. The van der Waals surface area contributed by atoms with Gasteiger partial charge in [0.05, 0.1) is 7.11 Å². The molecule has 2 fully saturated rings. The van der Waals surface area contributed by atoms with Gasteiger partial charge in [-0.3, -0.25) is 14.5 Å². The van der Waals surface area contributed by atoms with Crippen LogP contribution in [-0.2, 0) is 4.79 Å². The van der Waals surface area contributed by atoms with Crippen LogP contribution in [0.5, 0.6) is 5.75 Å². The number of amides is 2. The Balaban J connectivity index is 1.37. The van der Waals surface area contributed by atoms with Crippen molar-refractivity contribution >= 4 is 17.5 Å². The van der Waals surface area contributed by atoms with E-state index in [-0.39, 0.29) is 24.4 Å². The molecule has 2 amide bonds. The van der Waals surface area contributed by atoms with Crippen molar-refractivity contribution < 1.29 is 14.3 Å². The number of carbonyl (C=O) groups excluding carboxylic acids is 2. The van der Waals surface area contributed by atoms with E-state index < -0.39 is 0 Å². The van der Waals surface area contributed by atoms with Gasteiger partial charge < -0.3 is 15.0 Å². The molecule has 33 heavy (non-hydrogen) atoms. The van der Waals surface area contributed by atoms with Crippen LogP contribution >= 0.6 is 0 Å². The minimum absolute atomic E-state index is 0.00227. The zero-order valence-electron chi connectivity index (χ0n) is 19.5. The molecule has 0 radical (unpaired) electrons. The van der Waals surface area contributed by atoms with Crippen molar-refractivity contribution in [1.29, 1.82) is 0 Å². The first-order chi connectivity index (χ1) is 16.1. The van der Waals surface area contributed by atoms with E-state index >= 15 is 0 Å². The van der Waals surface area contributed by atoms with Crippen molar-refractivity contribution in [3.63, 3.8) is 0 Å². The summed E-state index contributed by atoms with van der Waals surface area (Å²) in [6, 6.07) is 17.3. The molecule has 6 nitrogen and oxygen atoms in total. The van der Waals surface area contributed by atoms with Crippen molar-refractivity contribution in [2.24, 2.45) is 0 Å². The first-order valence-corrected chi connectivity index (χ1v) is 12.2. The molecule has 1 aliphatic heterocycles. The van der Waals surface area contributed by atoms with Crippen LogP contribution in [0.15, 0.2) is 54.6 Å². The van der Waals surface area contributed by atoms with Gasteiger partial charge in [-0.15, -0.1) is 0 Å². The van der Waals surface area contributed by atoms with E-state index in [0.717, 1.165) is 32.0 Å². The highest BCUT2D eigenvalue weighted by molar-refractivity contribution is 6.08. The van der Waals surface area contributed by atoms with E-state index in [4.69, 9.17) is 4.74 Å². The van der Waals surface area contributed by atoms with Crippen LogP contribution in [0.2, 0.25) is 0 Å². The highest BCUT2D eigenvalue weighted by Gasteiger charge is 2.28. The quantitative estimate of drug-likeness (QED) is 0.686. The summed E-state index contributed by atoms with van der Waals surface area (Å²) in [4.78, 5) is 30.4. The van der Waals surface area contributed by atoms with Gasteiger partial charge in [0.1, 0.15) is 12.3 Å². The molecule has 2 aromatic carbocycles. The third-order valence-electron chi connectivity index (χ3n) is 6.94. The van der Waals surface area contributed by atoms with E-state index in [1.54, 1.807) is 36.3 Å². The molecule has 176 valence electrons. The number of ether oxygens (including phenoxy) is 1. The third-order valence-corrected chi connectivity index (χ3v) is 6.94. The summed E-state index contributed by atoms with van der Waals surface area (Å²) in [7, 11) is 1.59. The summed E-state index contributed by atoms with van der Waals surface area (Å²) in [5.41, 5.74) is 1.23. The van der Waals surface area contributed by atoms with Crippen LogP contribution in [0.25, 0.3) is 0 Å². The molecule has 1 aliphatic carbocycles. The second kappa shape index (κ2) is 11.3. The number of carbonyl (C=O) groups is 2. The Labute approximate surface area is 196 Å². The maximum Gasteiger partial charge on any atom is 0.258 e. The van der Waals surface area contributed by atoms with E-state index in [1.165, 1.54) is 32.1 Å². The molecule has 6 heteroatoms. The topological polar surface area (TPSA) is 61.9 Å². The number of benzene rings is 2. The van der Waals surface area contributed by atoms with Crippen molar-refractivity contribution in [1.82, 2.24) is 10.2 Å². The van der Waals surface area contributed by atoms with E-state index in [2.05, 4.69) is 10.2 Å². The minimum Gasteiger partial charge on any atom is -0.497 e. The third kappa shape index (κ3) is 6.14. The highest BCUT2D eigenvalue weighted by Crippen LogP contribution is 2.25. The lowest BCUT2D eigenvalue weighted by Crippen LogP contribution is -2.50. The Morgan fingerprint density at radius 3 is 2.24 bits per heavy atom. The van der Waals surface area contributed by atoms with E-state index in [9.17, 15) is 9.59 Å². The van der Waals surface area contributed by atoms with Gasteiger partial charge in [-0.1, -0.05) is 37.5 Å². The van der Waals surface area contributed by atoms with Crippen molar-refractivity contribution in [2.75, 3.05) is 31.6 Å². The number of methoxy groups -OCH3 is 1. The average Bonchev–Trinajstić information content (AvgIpc) is 2.88. The molecule has 1 saturated carbocycles. The fraction of sp³-hybridized carbons (Fsp3) is 0.481. The van der Waals surface area contributed by atoms with Crippen LogP contribution in [0, 0.1) is 0 Å². The number of piperidine rings is 1. The van der Waals surface area contributed by atoms with Gasteiger partial charge in [0, 0.05) is 36.4 Å². The Morgan fingerprint density at radius 1 is 0.939 bits per heavy atom. The monoisotopic (exact) mass is 449 g/mol. The predicted molar refractivity (Wildman–Crippen MR) is 131 cm³/mol. The van der Waals surface area contributed by atoms with Crippen LogP contribution in [0.3, 0.4) is 0 Å². The molecule has 0 atom stereocenters. The normalized spacial score (nSPS) is 18.0. The van der Waals surface area contributed by atoms with Gasteiger partial charge in [-0.05, 0) is 62.1 Å². The predicted octanol–water partition coefficient (Wildman–Crippen LogP) is 4.26. The van der Waals surface area contributed by atoms with Gasteiger partial charge >= 0.3 is 0 Å². The Morgan fingerprint density at radius 2 is 1.61 bits per heavy atom. The average molecular weight is 450 g/mol. The van der Waals surface area contributed by atoms with Crippen LogP contribution in [0.1, 0.15) is 55.3 Å². The van der Waals surface area contributed by atoms with E-state index in [1.807, 2.05) is 30.3 Å². The van der Waals surface area contributed by atoms with Gasteiger partial charge in [0.2, 0.25) is 5.91 Å². The summed E-state index contributed by atoms with van der Waals surface area (Å²) in [5, 5.41) is 3.19. The SMILES string of the molecule is COc1ccc(C(=O)N(CC(=O)NC2CCN(C3CCCCC3)CC2)c2ccccc2)cc1. The standard InChI is InChI=1S/C27H35N3O3/c1-33-25-14-12-21(13-15-25)27(32)30(24-10-6-3-7-11-24)20-26(31)28-22-16-18-29(19-17-22)23-8-4-2-5-9-23/h3,6-7,10-15,22-23H,2,4-5,8-9,16-20H2,1H3,(H,28,31). The molecule has 0 spiro atoms. The first-order valence-electron chi connectivity index (χ1n) is 12.2. The number of hydrogen-bond acceptors (Lipinski definition) is 4. The summed E-state index contributed by atoms with van der Waals surface area (Å²) < 4.78 is 5.20. The number of likely N-dealkylation sites (tertiary alicyclic amines) is 1. The summed E-state index contributed by atoms with van der Waals surface area (Å²) in [6.07, 6.45) is 8.64. The molecular formula is C27H35N3O3. The van der Waals surface area contributed by atoms with Crippen LogP contribution in [0.4, 0.5) is 5.69 Å². The van der Waals surface area contributed by atoms with Crippen molar-refractivity contribution in [2.45, 2.75) is 57.0 Å². The lowest BCUT2D eigenvalue weighted by atomic mass is 9.92. The fourth-order valence-electron chi connectivity index (χ4n) is 5.05. The first kappa shape index (κ1) is 23.3. The molecule has 1 N–H and O–H groups in total. The minimum atomic E-state index is -0.203. The Kier molecular flexibility index (Phi) is 8.00. The number of rotatable bonds is 7. The lowest BCUT2D eigenvalue weighted by molar-refractivity contribution is -0.120. The molecule has 0 aromatic heterocycles. The second-order valence-electron chi connectivity index (χ2n) is 9.12. The molecular weight excluding hydrogens is 414 g/mol. The van der Waals surface area contributed by atoms with Gasteiger partial charge in [0.15, 0.2) is 0 Å². The maximum absolute atomic E-state index is 13.3. The summed E-state index contributed by atoms with van der Waals surface area (Å²) >= 11 is 0. The number of nitrogens with zero attached hydrogens (tertiary/aromatic N) is 2. The molecule has 0 bridgehead atoms. The van der Waals surface area contributed by atoms with Crippen LogP contribution in [-0.4, -0.2) is 55.5 Å². The summed E-state index contributed by atoms with van der Waals surface area (Å²) in [6.45, 7) is 2.09. The highest BCUT2D eigenvalue weighted by atomic mass is 16.5. The Hall–Kier alpha value is -2.86. The van der Waals surface area contributed by atoms with Crippen molar-refractivity contribution in [3.05, 3.63) is 60.2 Å². The number of nitrogens with one attached hydrogen (secondary N) is 1. The number of hydrogen-bond donors (Lipinski definition) is 1. The largest absolute Gasteiger partial charge is 0.497 e. The van der Waals surface area contributed by atoms with E-state index in [0.29, 0.717) is 17.0 Å². The number of para-hydroxylation sites is 1. The summed E-state index contributed by atoms with van der Waals surface area (Å²) in [5.74, 6) is 0.373. The molecule has 2 aliphatic rings. The molecule has 4 rings (SSSR count).